The molecular weight excluding hydrogens is 360 g/mol. The highest BCUT2D eigenvalue weighted by atomic mass is 32.2. The summed E-state index contributed by atoms with van der Waals surface area (Å²) in [5, 5.41) is 0. The summed E-state index contributed by atoms with van der Waals surface area (Å²) in [7, 11) is -2.22. The molecule has 1 aromatic heterocycles. The lowest BCUT2D eigenvalue weighted by Crippen LogP contribution is -2.24. The lowest BCUT2D eigenvalue weighted by Gasteiger charge is -2.12. The Kier molecular flexibility index (Phi) is 5.39. The van der Waals surface area contributed by atoms with Crippen LogP contribution in [0.5, 0.6) is 5.75 Å². The van der Waals surface area contributed by atoms with Crippen LogP contribution in [-0.4, -0.2) is 20.1 Å². The van der Waals surface area contributed by atoms with Crippen molar-refractivity contribution >= 4 is 10.0 Å². The first-order valence-corrected chi connectivity index (χ1v) is 10.2. The maximum atomic E-state index is 12.8. The van der Waals surface area contributed by atoms with Crippen molar-refractivity contribution < 1.29 is 13.2 Å². The molecule has 142 valence electrons. The van der Waals surface area contributed by atoms with Crippen molar-refractivity contribution in [3.63, 3.8) is 0 Å². The molecule has 0 atom stereocenters. The second-order valence-electron chi connectivity index (χ2n) is 6.55. The number of nitrogens with one attached hydrogen (secondary N) is 1. The predicted octanol–water partition coefficient (Wildman–Crippen LogP) is 3.89. The van der Waals surface area contributed by atoms with Crippen LogP contribution in [0, 0.1) is 20.8 Å². The Morgan fingerprint density at radius 3 is 2.37 bits per heavy atom. The Labute approximate surface area is 160 Å². The first kappa shape index (κ1) is 19.2. The Hall–Kier alpha value is -2.57. The summed E-state index contributed by atoms with van der Waals surface area (Å²) in [4.78, 5) is 0.155. The third-order valence-electron chi connectivity index (χ3n) is 4.61. The van der Waals surface area contributed by atoms with Gasteiger partial charge in [-0.05, 0) is 62.2 Å². The fourth-order valence-electron chi connectivity index (χ4n) is 3.23. The highest BCUT2D eigenvalue weighted by Crippen LogP contribution is 2.26. The van der Waals surface area contributed by atoms with E-state index in [2.05, 4.69) is 9.29 Å². The molecule has 1 N–H and O–H groups in total. The van der Waals surface area contributed by atoms with E-state index in [0.29, 0.717) is 5.75 Å². The van der Waals surface area contributed by atoms with Gasteiger partial charge in [-0.3, -0.25) is 0 Å². The van der Waals surface area contributed by atoms with Crippen molar-refractivity contribution in [1.29, 1.82) is 0 Å². The Morgan fingerprint density at radius 1 is 1.00 bits per heavy atom. The van der Waals surface area contributed by atoms with Crippen molar-refractivity contribution in [1.82, 2.24) is 9.29 Å². The summed E-state index contributed by atoms with van der Waals surface area (Å²) in [6, 6.07) is 17.1. The predicted molar refractivity (Wildman–Crippen MR) is 107 cm³/mol. The Bertz CT molecular complexity index is 1050. The van der Waals surface area contributed by atoms with Crippen LogP contribution < -0.4 is 9.46 Å². The number of aromatic nitrogens is 1. The van der Waals surface area contributed by atoms with E-state index in [1.54, 1.807) is 12.1 Å². The molecule has 0 amide bonds. The van der Waals surface area contributed by atoms with Crippen molar-refractivity contribution in [2.75, 3.05) is 7.11 Å². The molecule has 0 aliphatic carbocycles. The summed E-state index contributed by atoms with van der Waals surface area (Å²) >= 11 is 0. The molecule has 0 bridgehead atoms. The van der Waals surface area contributed by atoms with Crippen LogP contribution in [-0.2, 0) is 16.6 Å². The van der Waals surface area contributed by atoms with E-state index in [1.165, 1.54) is 7.11 Å². The molecule has 0 spiro atoms. The van der Waals surface area contributed by atoms with E-state index in [4.69, 9.17) is 4.74 Å². The van der Waals surface area contributed by atoms with Crippen LogP contribution in [0.1, 0.15) is 22.5 Å². The van der Waals surface area contributed by atoms with Gasteiger partial charge in [0, 0.05) is 23.6 Å². The van der Waals surface area contributed by atoms with E-state index >= 15 is 0 Å². The van der Waals surface area contributed by atoms with E-state index in [1.807, 2.05) is 63.2 Å². The molecule has 1 heterocycles. The van der Waals surface area contributed by atoms with Crippen molar-refractivity contribution in [3.8, 4) is 11.4 Å². The van der Waals surface area contributed by atoms with E-state index in [9.17, 15) is 8.42 Å². The Morgan fingerprint density at radius 2 is 1.70 bits per heavy atom. The molecule has 0 saturated carbocycles. The van der Waals surface area contributed by atoms with E-state index in [-0.39, 0.29) is 11.4 Å². The number of para-hydroxylation sites is 1. The molecule has 5 nitrogen and oxygen atoms in total. The van der Waals surface area contributed by atoms with Crippen molar-refractivity contribution in [2.24, 2.45) is 0 Å². The third kappa shape index (κ3) is 3.91. The van der Waals surface area contributed by atoms with Gasteiger partial charge < -0.3 is 9.30 Å². The van der Waals surface area contributed by atoms with Gasteiger partial charge in [-0.15, -0.1) is 0 Å². The molecule has 0 unspecified atom stereocenters. The van der Waals surface area contributed by atoms with Crippen LogP contribution in [0.3, 0.4) is 0 Å². The Balaban J connectivity index is 1.88. The minimum Gasteiger partial charge on any atom is -0.495 e. The number of benzene rings is 2. The number of sulfonamides is 1. The van der Waals surface area contributed by atoms with Crippen LogP contribution in [0.4, 0.5) is 0 Å². The van der Waals surface area contributed by atoms with Crippen LogP contribution in [0.15, 0.2) is 59.5 Å². The van der Waals surface area contributed by atoms with Gasteiger partial charge >= 0.3 is 0 Å². The number of hydrogen-bond donors (Lipinski definition) is 1. The highest BCUT2D eigenvalue weighted by molar-refractivity contribution is 7.89. The van der Waals surface area contributed by atoms with Gasteiger partial charge in [0.2, 0.25) is 10.0 Å². The largest absolute Gasteiger partial charge is 0.495 e. The fourth-order valence-corrected chi connectivity index (χ4v) is 4.49. The first-order chi connectivity index (χ1) is 12.8. The molecular formula is C21H24N2O3S. The minimum atomic E-state index is -3.69. The van der Waals surface area contributed by atoms with Gasteiger partial charge in [0.05, 0.1) is 7.11 Å². The molecule has 6 heteroatoms. The normalized spacial score (nSPS) is 11.6. The van der Waals surface area contributed by atoms with Gasteiger partial charge in [-0.1, -0.05) is 24.3 Å². The second kappa shape index (κ2) is 7.58. The van der Waals surface area contributed by atoms with Crippen molar-refractivity contribution in [3.05, 3.63) is 77.1 Å². The maximum absolute atomic E-state index is 12.8. The summed E-state index contributed by atoms with van der Waals surface area (Å²) in [5.74, 6) is 0.336. The number of aryl methyl sites for hydroxylation is 2. The molecule has 0 saturated heterocycles. The molecule has 3 rings (SSSR count). The summed E-state index contributed by atoms with van der Waals surface area (Å²) in [6.07, 6.45) is 0. The monoisotopic (exact) mass is 384 g/mol. The molecule has 3 aromatic rings. The van der Waals surface area contributed by atoms with Gasteiger partial charge in [-0.2, -0.15) is 0 Å². The molecule has 27 heavy (non-hydrogen) atoms. The molecule has 0 fully saturated rings. The lowest BCUT2D eigenvalue weighted by atomic mass is 10.2. The number of hydrogen-bond acceptors (Lipinski definition) is 3. The van der Waals surface area contributed by atoms with Gasteiger partial charge in [0.15, 0.2) is 0 Å². The zero-order valence-corrected chi connectivity index (χ0v) is 16.8. The number of methoxy groups -OCH3 is 1. The third-order valence-corrected chi connectivity index (χ3v) is 6.03. The minimum absolute atomic E-state index is 0.155. The second-order valence-corrected chi connectivity index (χ2v) is 8.28. The summed E-state index contributed by atoms with van der Waals surface area (Å²) in [5.41, 5.74) is 4.92. The topological polar surface area (TPSA) is 60.3 Å². The van der Waals surface area contributed by atoms with Crippen LogP contribution >= 0.6 is 0 Å². The van der Waals surface area contributed by atoms with Gasteiger partial charge in [0.1, 0.15) is 10.6 Å². The van der Waals surface area contributed by atoms with Gasteiger partial charge in [0.25, 0.3) is 0 Å². The quantitative estimate of drug-likeness (QED) is 0.701. The number of ether oxygens (including phenoxy) is 1. The summed E-state index contributed by atoms with van der Waals surface area (Å²) in [6.45, 7) is 6.08. The average molecular weight is 385 g/mol. The number of rotatable bonds is 6. The number of nitrogens with zero attached hydrogens (tertiary/aromatic N) is 1. The SMILES string of the molecule is COc1ccc(C)cc1S(=O)(=O)NCc1cc(C)n(-c2ccccc2)c1C. The van der Waals surface area contributed by atoms with Crippen LogP contribution in [0.2, 0.25) is 0 Å². The van der Waals surface area contributed by atoms with Crippen molar-refractivity contribution in [2.45, 2.75) is 32.2 Å². The maximum Gasteiger partial charge on any atom is 0.244 e. The standard InChI is InChI=1S/C21H24N2O3S/c1-15-10-11-20(26-4)21(12-15)27(24,25)22-14-18-13-16(2)23(17(18)3)19-8-6-5-7-9-19/h5-13,22H,14H2,1-4H3. The van der Waals surface area contributed by atoms with Gasteiger partial charge in [-0.25, -0.2) is 13.1 Å². The zero-order chi connectivity index (χ0) is 19.6. The highest BCUT2D eigenvalue weighted by Gasteiger charge is 2.20. The smallest absolute Gasteiger partial charge is 0.244 e. The molecule has 2 aromatic carbocycles. The fraction of sp³-hybridized carbons (Fsp3) is 0.238. The average Bonchev–Trinajstić information content (AvgIpc) is 2.94. The summed E-state index contributed by atoms with van der Waals surface area (Å²) < 4.78 is 35.7. The molecule has 0 radical (unpaired) electrons. The lowest BCUT2D eigenvalue weighted by molar-refractivity contribution is 0.402. The van der Waals surface area contributed by atoms with E-state index < -0.39 is 10.0 Å². The van der Waals surface area contributed by atoms with E-state index in [0.717, 1.165) is 28.2 Å². The molecule has 0 aliphatic heterocycles. The zero-order valence-electron chi connectivity index (χ0n) is 16.0. The molecule has 0 aliphatic rings. The van der Waals surface area contributed by atoms with Crippen LogP contribution in [0.25, 0.3) is 5.69 Å². The first-order valence-electron chi connectivity index (χ1n) is 8.71.